The van der Waals surface area contributed by atoms with E-state index in [-0.39, 0.29) is 17.7 Å². The molecule has 6 nitrogen and oxygen atoms in total. The van der Waals surface area contributed by atoms with Crippen LogP contribution in [0.3, 0.4) is 0 Å². The summed E-state index contributed by atoms with van der Waals surface area (Å²) in [6.45, 7) is 0.278. The fourth-order valence-corrected chi connectivity index (χ4v) is 5.14. The Morgan fingerprint density at radius 3 is 2.21 bits per heavy atom. The topological polar surface area (TPSA) is 99.4 Å². The van der Waals surface area contributed by atoms with Crippen LogP contribution in [-0.4, -0.2) is 17.0 Å². The lowest BCUT2D eigenvalue weighted by Gasteiger charge is -2.12. The summed E-state index contributed by atoms with van der Waals surface area (Å²) in [7, 11) is 0. The first-order valence-electron chi connectivity index (χ1n) is 9.39. The highest BCUT2D eigenvalue weighted by atomic mass is 127. The van der Waals surface area contributed by atoms with Crippen molar-refractivity contribution in [2.24, 2.45) is 0 Å². The van der Waals surface area contributed by atoms with E-state index in [1.807, 2.05) is 18.2 Å². The van der Waals surface area contributed by atoms with Crippen molar-refractivity contribution in [1.82, 2.24) is 0 Å². The summed E-state index contributed by atoms with van der Waals surface area (Å²) in [5, 5.41) is 21.2. The molecule has 0 aromatic heterocycles. The molecule has 0 saturated heterocycles. The molecule has 0 atom stereocenters. The smallest absolute Gasteiger partial charge is 0.335 e. The van der Waals surface area contributed by atoms with Crippen molar-refractivity contribution in [2.75, 3.05) is 5.32 Å². The number of halogens is 3. The lowest BCUT2D eigenvalue weighted by atomic mass is 10.1. The Bertz CT molecular complexity index is 1240. The normalized spacial score (nSPS) is 10.9. The first-order chi connectivity index (χ1) is 15.8. The number of aromatic carboxylic acids is 1. The van der Waals surface area contributed by atoms with Gasteiger partial charge in [-0.15, -0.1) is 0 Å². The number of carboxylic acid groups (broad SMARTS) is 1. The Morgan fingerprint density at radius 1 is 1.06 bits per heavy atom. The Hall–Kier alpha value is -2.43. The second kappa shape index (κ2) is 11.6. The number of nitrogens with one attached hydrogen (secondary N) is 1. The summed E-state index contributed by atoms with van der Waals surface area (Å²) in [6, 6.07) is 19.2. The number of anilines is 1. The maximum absolute atomic E-state index is 12.5. The third kappa shape index (κ3) is 7.02. The largest absolute Gasteiger partial charge is 0.487 e. The quantitative estimate of drug-likeness (QED) is 0.165. The van der Waals surface area contributed by atoms with Crippen LogP contribution >= 0.6 is 61.1 Å². The van der Waals surface area contributed by atoms with Crippen molar-refractivity contribution in [2.45, 2.75) is 6.61 Å². The van der Waals surface area contributed by atoms with Crippen molar-refractivity contribution in [1.29, 1.82) is 5.26 Å². The molecule has 1 amide bonds. The zero-order valence-electron chi connectivity index (χ0n) is 16.8. The number of hydrogen-bond donors (Lipinski definition) is 2. The molecule has 2 N–H and O–H groups in total. The molecule has 0 radical (unpaired) electrons. The van der Waals surface area contributed by atoms with Crippen LogP contribution in [0.4, 0.5) is 5.69 Å². The maximum atomic E-state index is 12.5. The SMILES string of the molecule is N#C/C(=C/c1cc(I)c(OCc2ccc(C(=O)O)cc2)c(I)c1)C(=O)Nc1ccc(Br)cc1. The Kier molecular flexibility index (Phi) is 8.87. The number of amides is 1. The van der Waals surface area contributed by atoms with Crippen LogP contribution in [0.2, 0.25) is 0 Å². The maximum Gasteiger partial charge on any atom is 0.335 e. The number of ether oxygens (including phenoxy) is 1. The molecule has 0 heterocycles. The molecule has 166 valence electrons. The Morgan fingerprint density at radius 2 is 1.67 bits per heavy atom. The number of benzene rings is 3. The van der Waals surface area contributed by atoms with E-state index >= 15 is 0 Å². The van der Waals surface area contributed by atoms with Crippen molar-refractivity contribution in [3.8, 4) is 11.8 Å². The molecule has 9 heteroatoms. The first-order valence-corrected chi connectivity index (χ1v) is 12.3. The van der Waals surface area contributed by atoms with Gasteiger partial charge in [0.2, 0.25) is 0 Å². The number of carboxylic acids is 1. The number of carbonyl (C=O) groups is 2. The average Bonchev–Trinajstić information content (AvgIpc) is 2.78. The van der Waals surface area contributed by atoms with Crippen molar-refractivity contribution >= 4 is 84.8 Å². The summed E-state index contributed by atoms with van der Waals surface area (Å²) in [4.78, 5) is 23.5. The summed E-state index contributed by atoms with van der Waals surface area (Å²) in [5.74, 6) is -0.791. The van der Waals surface area contributed by atoms with Gasteiger partial charge in [0, 0.05) is 10.2 Å². The second-order valence-electron chi connectivity index (χ2n) is 6.74. The van der Waals surface area contributed by atoms with E-state index in [0.29, 0.717) is 17.0 Å². The molecule has 0 aliphatic heterocycles. The zero-order chi connectivity index (χ0) is 24.0. The molecular weight excluding hydrogens is 714 g/mol. The van der Waals surface area contributed by atoms with Crippen LogP contribution in [-0.2, 0) is 11.4 Å². The van der Waals surface area contributed by atoms with E-state index in [4.69, 9.17) is 9.84 Å². The van der Waals surface area contributed by atoms with Crippen LogP contribution in [0.25, 0.3) is 6.08 Å². The van der Waals surface area contributed by atoms with E-state index in [0.717, 1.165) is 17.2 Å². The molecule has 0 bridgehead atoms. The van der Waals surface area contributed by atoms with Gasteiger partial charge in [-0.2, -0.15) is 5.26 Å². The average molecular weight is 729 g/mol. The van der Waals surface area contributed by atoms with E-state index in [1.54, 1.807) is 36.4 Å². The summed E-state index contributed by atoms with van der Waals surface area (Å²) in [6.07, 6.45) is 1.53. The van der Waals surface area contributed by atoms with Crippen LogP contribution < -0.4 is 10.1 Å². The molecule has 3 aromatic rings. The molecule has 0 aliphatic rings. The second-order valence-corrected chi connectivity index (χ2v) is 9.98. The Balaban J connectivity index is 1.74. The van der Waals surface area contributed by atoms with Crippen LogP contribution in [0, 0.1) is 18.5 Å². The minimum atomic E-state index is -0.975. The Labute approximate surface area is 226 Å². The lowest BCUT2D eigenvalue weighted by molar-refractivity contribution is -0.112. The summed E-state index contributed by atoms with van der Waals surface area (Å²) >= 11 is 7.62. The van der Waals surface area contributed by atoms with E-state index in [2.05, 4.69) is 66.4 Å². The predicted octanol–water partition coefficient (Wildman–Crippen LogP) is 6.48. The number of nitriles is 1. The van der Waals surface area contributed by atoms with Gasteiger partial charge in [0.1, 0.15) is 24.0 Å². The van der Waals surface area contributed by atoms with E-state index in [9.17, 15) is 14.9 Å². The molecule has 0 saturated carbocycles. The third-order valence-corrected chi connectivity index (χ3v) is 6.51. The number of nitrogens with zero attached hydrogens (tertiary/aromatic N) is 1. The molecule has 0 spiro atoms. The zero-order valence-corrected chi connectivity index (χ0v) is 22.7. The lowest BCUT2D eigenvalue weighted by Crippen LogP contribution is -2.13. The highest BCUT2D eigenvalue weighted by molar-refractivity contribution is 14.1. The van der Waals surface area contributed by atoms with Gasteiger partial charge in [-0.05, 0) is 111 Å². The highest BCUT2D eigenvalue weighted by Crippen LogP contribution is 2.30. The monoisotopic (exact) mass is 728 g/mol. The van der Waals surface area contributed by atoms with Gasteiger partial charge < -0.3 is 15.2 Å². The number of hydrogen-bond acceptors (Lipinski definition) is 4. The minimum Gasteiger partial charge on any atom is -0.487 e. The van der Waals surface area contributed by atoms with Gasteiger partial charge in [-0.3, -0.25) is 4.79 Å². The van der Waals surface area contributed by atoms with Crippen LogP contribution in [0.1, 0.15) is 21.5 Å². The first kappa shape index (κ1) is 25.2. The van der Waals surface area contributed by atoms with E-state index < -0.39 is 11.9 Å². The van der Waals surface area contributed by atoms with Gasteiger partial charge in [0.05, 0.1) is 12.7 Å². The fraction of sp³-hybridized carbons (Fsp3) is 0.0417. The van der Waals surface area contributed by atoms with Gasteiger partial charge in [0.25, 0.3) is 5.91 Å². The summed E-state index contributed by atoms with van der Waals surface area (Å²) in [5.41, 5.74) is 2.33. The van der Waals surface area contributed by atoms with E-state index in [1.165, 1.54) is 18.2 Å². The molecule has 0 unspecified atom stereocenters. The molecule has 3 aromatic carbocycles. The highest BCUT2D eigenvalue weighted by Gasteiger charge is 2.13. The number of carbonyl (C=O) groups excluding carboxylic acids is 1. The predicted molar refractivity (Wildman–Crippen MR) is 146 cm³/mol. The molecule has 3 rings (SSSR count). The molecule has 0 aliphatic carbocycles. The van der Waals surface area contributed by atoms with Gasteiger partial charge in [-0.1, -0.05) is 28.1 Å². The molecule has 33 heavy (non-hydrogen) atoms. The van der Waals surface area contributed by atoms with Crippen LogP contribution in [0.15, 0.2) is 70.7 Å². The van der Waals surface area contributed by atoms with Crippen molar-refractivity contribution < 1.29 is 19.4 Å². The van der Waals surface area contributed by atoms with Gasteiger partial charge >= 0.3 is 5.97 Å². The van der Waals surface area contributed by atoms with Crippen LogP contribution in [0.5, 0.6) is 5.75 Å². The fourth-order valence-electron chi connectivity index (χ4n) is 2.75. The molecule has 0 fully saturated rings. The van der Waals surface area contributed by atoms with Crippen molar-refractivity contribution in [3.05, 3.63) is 94.5 Å². The standard InChI is InChI=1S/C24H15BrI2N2O4/c25-18-5-7-19(8-6-18)29-23(30)17(12-28)9-15-10-20(26)22(21(27)11-15)33-13-14-1-3-16(4-2-14)24(31)32/h1-11H,13H2,(H,29,30)(H,31,32)/b17-9-. The van der Waals surface area contributed by atoms with Crippen molar-refractivity contribution in [3.63, 3.8) is 0 Å². The minimum absolute atomic E-state index is 0.0169. The molecular formula is C24H15BrI2N2O4. The number of rotatable bonds is 7. The van der Waals surface area contributed by atoms with Gasteiger partial charge in [0.15, 0.2) is 0 Å². The summed E-state index contributed by atoms with van der Waals surface area (Å²) < 4.78 is 8.47. The van der Waals surface area contributed by atoms with Gasteiger partial charge in [-0.25, -0.2) is 4.79 Å². The third-order valence-electron chi connectivity index (χ3n) is 4.38.